The summed E-state index contributed by atoms with van der Waals surface area (Å²) < 4.78 is 4.61. The molecule has 0 aliphatic rings. The summed E-state index contributed by atoms with van der Waals surface area (Å²) in [5, 5.41) is 0. The van der Waals surface area contributed by atoms with Crippen molar-refractivity contribution in [3.05, 3.63) is 24.3 Å². The third-order valence-corrected chi connectivity index (χ3v) is 2.66. The van der Waals surface area contributed by atoms with E-state index in [2.05, 4.69) is 18.6 Å². The molecule has 0 N–H and O–H groups in total. The van der Waals surface area contributed by atoms with Gasteiger partial charge in [-0.15, -0.1) is 0 Å². The Balaban J connectivity index is 3.71. The molecule has 3 heteroatoms. The number of ether oxygens (including phenoxy) is 1. The van der Waals surface area contributed by atoms with Gasteiger partial charge in [-0.2, -0.15) is 0 Å². The van der Waals surface area contributed by atoms with Gasteiger partial charge in [0, 0.05) is 12.2 Å². The zero-order valence-corrected chi connectivity index (χ0v) is 12.2. The van der Waals surface area contributed by atoms with Crippen LogP contribution >= 0.6 is 0 Å². The van der Waals surface area contributed by atoms with Crippen LogP contribution in [0.3, 0.4) is 0 Å². The summed E-state index contributed by atoms with van der Waals surface area (Å²) in [5.74, 6) is -1.17. The van der Waals surface area contributed by atoms with Crippen molar-refractivity contribution in [2.24, 2.45) is 0 Å². The van der Waals surface area contributed by atoms with Gasteiger partial charge in [0.2, 0.25) is 0 Å². The summed E-state index contributed by atoms with van der Waals surface area (Å²) in [6, 6.07) is 0. The molecule has 0 amide bonds. The maximum absolute atomic E-state index is 11.3. The first kappa shape index (κ1) is 17.6. The fourth-order valence-corrected chi connectivity index (χ4v) is 1.55. The van der Waals surface area contributed by atoms with Crippen molar-refractivity contribution in [3.8, 4) is 0 Å². The lowest BCUT2D eigenvalue weighted by Crippen LogP contribution is -2.06. The molecular formula is C16H26O3. The zero-order chi connectivity index (χ0) is 14.3. The Morgan fingerprint density at radius 1 is 0.789 bits per heavy atom. The van der Waals surface area contributed by atoms with Crippen molar-refractivity contribution < 1.29 is 14.3 Å². The largest absolute Gasteiger partial charge is 0.387 e. The van der Waals surface area contributed by atoms with Crippen molar-refractivity contribution in [2.45, 2.75) is 65.2 Å². The Labute approximate surface area is 116 Å². The molecule has 0 aromatic heterocycles. The van der Waals surface area contributed by atoms with E-state index < -0.39 is 11.9 Å². The van der Waals surface area contributed by atoms with E-state index in [0.29, 0.717) is 0 Å². The number of carbonyl (C=O) groups excluding carboxylic acids is 2. The summed E-state index contributed by atoms with van der Waals surface area (Å²) in [7, 11) is 0. The van der Waals surface area contributed by atoms with E-state index in [0.717, 1.165) is 51.4 Å². The number of rotatable bonds is 10. The number of unbranched alkanes of at least 4 members (excludes halogenated alkanes) is 6. The number of carbonyl (C=O) groups is 2. The lowest BCUT2D eigenvalue weighted by Gasteiger charge is -1.95. The highest BCUT2D eigenvalue weighted by Crippen LogP contribution is 2.01. The SMILES string of the molecule is CCCCC/C=C/C(=O)OC(=O)/C=C/CCCCC. The lowest BCUT2D eigenvalue weighted by atomic mass is 10.2. The molecule has 0 saturated heterocycles. The quantitative estimate of drug-likeness (QED) is 0.256. The van der Waals surface area contributed by atoms with Crippen molar-refractivity contribution >= 4 is 11.9 Å². The van der Waals surface area contributed by atoms with Crippen molar-refractivity contribution in [3.63, 3.8) is 0 Å². The van der Waals surface area contributed by atoms with Gasteiger partial charge >= 0.3 is 11.9 Å². The highest BCUT2D eigenvalue weighted by molar-refractivity contribution is 5.96. The molecule has 108 valence electrons. The van der Waals surface area contributed by atoms with Crippen LogP contribution in [0.1, 0.15) is 65.2 Å². The topological polar surface area (TPSA) is 43.4 Å². The van der Waals surface area contributed by atoms with Crippen LogP contribution < -0.4 is 0 Å². The molecule has 0 atom stereocenters. The third kappa shape index (κ3) is 12.9. The van der Waals surface area contributed by atoms with E-state index in [1.807, 2.05) is 0 Å². The van der Waals surface area contributed by atoms with Gasteiger partial charge in [-0.1, -0.05) is 51.7 Å². The molecule has 0 unspecified atom stereocenters. The van der Waals surface area contributed by atoms with Crippen molar-refractivity contribution in [1.82, 2.24) is 0 Å². The average molecular weight is 266 g/mol. The van der Waals surface area contributed by atoms with E-state index in [1.165, 1.54) is 12.2 Å². The average Bonchev–Trinajstić information content (AvgIpc) is 2.38. The molecular weight excluding hydrogens is 240 g/mol. The molecule has 3 nitrogen and oxygen atoms in total. The maximum Gasteiger partial charge on any atom is 0.338 e. The van der Waals surface area contributed by atoms with E-state index >= 15 is 0 Å². The predicted molar refractivity (Wildman–Crippen MR) is 77.7 cm³/mol. The van der Waals surface area contributed by atoms with Gasteiger partial charge in [0.05, 0.1) is 0 Å². The molecule has 0 aliphatic heterocycles. The van der Waals surface area contributed by atoms with Crippen molar-refractivity contribution in [2.75, 3.05) is 0 Å². The van der Waals surface area contributed by atoms with Crippen LogP contribution in [0.5, 0.6) is 0 Å². The molecule has 0 radical (unpaired) electrons. The molecule has 0 heterocycles. The van der Waals surface area contributed by atoms with Gasteiger partial charge in [-0.3, -0.25) is 0 Å². The number of esters is 2. The van der Waals surface area contributed by atoms with E-state index in [9.17, 15) is 9.59 Å². The van der Waals surface area contributed by atoms with Gasteiger partial charge < -0.3 is 4.74 Å². The second-order valence-corrected chi connectivity index (χ2v) is 4.54. The molecule has 0 aromatic rings. The summed E-state index contributed by atoms with van der Waals surface area (Å²) >= 11 is 0. The smallest absolute Gasteiger partial charge is 0.338 e. The Morgan fingerprint density at radius 2 is 1.21 bits per heavy atom. The zero-order valence-electron chi connectivity index (χ0n) is 12.2. The van der Waals surface area contributed by atoms with Gasteiger partial charge in [-0.05, 0) is 25.7 Å². The molecule has 0 aromatic carbocycles. The van der Waals surface area contributed by atoms with E-state index in [1.54, 1.807) is 12.2 Å². The van der Waals surface area contributed by atoms with Crippen LogP contribution in [-0.4, -0.2) is 11.9 Å². The van der Waals surface area contributed by atoms with Gasteiger partial charge in [0.1, 0.15) is 0 Å². The number of hydrogen-bond donors (Lipinski definition) is 0. The first-order chi connectivity index (χ1) is 9.20. The minimum atomic E-state index is -0.584. The molecule has 0 aliphatic carbocycles. The maximum atomic E-state index is 11.3. The first-order valence-electron chi connectivity index (χ1n) is 7.29. The number of hydrogen-bond acceptors (Lipinski definition) is 3. The Hall–Kier alpha value is -1.38. The third-order valence-electron chi connectivity index (χ3n) is 2.66. The van der Waals surface area contributed by atoms with Gasteiger partial charge in [0.25, 0.3) is 0 Å². The van der Waals surface area contributed by atoms with E-state index in [4.69, 9.17) is 0 Å². The predicted octanol–water partition coefficient (Wildman–Crippen LogP) is 4.33. The summed E-state index contributed by atoms with van der Waals surface area (Å²) in [6.45, 7) is 4.26. The fourth-order valence-electron chi connectivity index (χ4n) is 1.55. The van der Waals surface area contributed by atoms with Crippen LogP contribution in [0, 0.1) is 0 Å². The normalized spacial score (nSPS) is 11.3. The van der Waals surface area contributed by atoms with Crippen LogP contribution in [0.25, 0.3) is 0 Å². The Morgan fingerprint density at radius 3 is 1.58 bits per heavy atom. The highest BCUT2D eigenvalue weighted by Gasteiger charge is 2.02. The monoisotopic (exact) mass is 266 g/mol. The molecule has 0 spiro atoms. The highest BCUT2D eigenvalue weighted by atomic mass is 16.6. The van der Waals surface area contributed by atoms with Crippen LogP contribution in [-0.2, 0) is 14.3 Å². The lowest BCUT2D eigenvalue weighted by molar-refractivity contribution is -0.152. The summed E-state index contributed by atoms with van der Waals surface area (Å²) in [6.07, 6.45) is 14.6. The second kappa shape index (κ2) is 13.1. The standard InChI is InChI=1S/C16H26O3/c1-3-5-7-9-11-13-15(17)19-16(18)14-12-10-8-6-4-2/h11-14H,3-10H2,1-2H3/b13-11+,14-12+. The summed E-state index contributed by atoms with van der Waals surface area (Å²) in [4.78, 5) is 22.5. The minimum Gasteiger partial charge on any atom is -0.387 e. The van der Waals surface area contributed by atoms with E-state index in [-0.39, 0.29) is 0 Å². The Kier molecular flexibility index (Phi) is 12.1. The molecule has 19 heavy (non-hydrogen) atoms. The molecule has 0 saturated carbocycles. The van der Waals surface area contributed by atoms with Crippen molar-refractivity contribution in [1.29, 1.82) is 0 Å². The fraction of sp³-hybridized carbons (Fsp3) is 0.625. The summed E-state index contributed by atoms with van der Waals surface area (Å²) in [5.41, 5.74) is 0. The first-order valence-corrected chi connectivity index (χ1v) is 7.29. The van der Waals surface area contributed by atoms with Crippen LogP contribution in [0.2, 0.25) is 0 Å². The Bertz CT molecular complexity index is 273. The number of allylic oxidation sites excluding steroid dienone is 2. The minimum absolute atomic E-state index is 0.584. The second-order valence-electron chi connectivity index (χ2n) is 4.54. The molecule has 0 rings (SSSR count). The molecule has 0 fully saturated rings. The van der Waals surface area contributed by atoms with Gasteiger partial charge in [0.15, 0.2) is 0 Å². The van der Waals surface area contributed by atoms with Crippen LogP contribution in [0.4, 0.5) is 0 Å². The van der Waals surface area contributed by atoms with Gasteiger partial charge in [-0.25, -0.2) is 9.59 Å². The van der Waals surface area contributed by atoms with Crippen LogP contribution in [0.15, 0.2) is 24.3 Å². The molecule has 0 bridgehead atoms.